The van der Waals surface area contributed by atoms with Crippen LogP contribution in [0.5, 0.6) is 0 Å². The van der Waals surface area contributed by atoms with Gasteiger partial charge in [0.1, 0.15) is 11.6 Å². The molecule has 0 fully saturated rings. The number of unbranched alkanes of at least 4 members (excludes halogenated alkanes) is 1. The largest absolute Gasteiger partial charge is 0.307 e. The van der Waals surface area contributed by atoms with Crippen LogP contribution < -0.4 is 5.32 Å². The molecule has 0 spiro atoms. The second-order valence-electron chi connectivity index (χ2n) is 5.64. The normalized spacial score (nSPS) is 14.3. The lowest BCUT2D eigenvalue weighted by Crippen LogP contribution is -2.32. The molecule has 1 rings (SSSR count). The maximum absolute atomic E-state index is 14.0. The van der Waals surface area contributed by atoms with Gasteiger partial charge in [0.25, 0.3) is 0 Å². The highest BCUT2D eigenvalue weighted by Gasteiger charge is 2.17. The molecule has 0 saturated carbocycles. The second kappa shape index (κ2) is 8.35. The van der Waals surface area contributed by atoms with Crippen molar-refractivity contribution in [1.82, 2.24) is 5.32 Å². The molecule has 2 unspecified atom stereocenters. The molecule has 0 saturated heterocycles. The number of hydrogen-bond donors (Lipinski definition) is 1. The number of rotatable bonds is 8. The monoisotopic (exact) mass is 283 g/mol. The summed E-state index contributed by atoms with van der Waals surface area (Å²) in [5.74, 6) is -0.662. The van der Waals surface area contributed by atoms with Crippen molar-refractivity contribution in [3.8, 4) is 0 Å². The molecular formula is C17H27F2N. The van der Waals surface area contributed by atoms with Gasteiger partial charge in [0, 0.05) is 17.6 Å². The zero-order valence-electron chi connectivity index (χ0n) is 13.1. The molecular weight excluding hydrogens is 256 g/mol. The summed E-state index contributed by atoms with van der Waals surface area (Å²) in [7, 11) is 0. The molecule has 1 N–H and O–H groups in total. The van der Waals surface area contributed by atoms with Crippen LogP contribution in [0.4, 0.5) is 8.78 Å². The molecule has 1 aromatic rings. The van der Waals surface area contributed by atoms with E-state index >= 15 is 0 Å². The summed E-state index contributed by atoms with van der Waals surface area (Å²) in [5.41, 5.74) is 0.778. The summed E-state index contributed by atoms with van der Waals surface area (Å²) in [5, 5.41) is 3.45. The standard InChI is InChI=1S/C17H27F2N/c1-5-7-9-14(8-6-2)20-13(4)15-11-16(18)12(3)10-17(15)19/h10-11,13-14,20H,5-9H2,1-4H3. The fraction of sp³-hybridized carbons (Fsp3) is 0.647. The molecule has 2 atom stereocenters. The maximum atomic E-state index is 14.0. The van der Waals surface area contributed by atoms with Gasteiger partial charge in [0.2, 0.25) is 0 Å². The fourth-order valence-electron chi connectivity index (χ4n) is 2.55. The van der Waals surface area contributed by atoms with Gasteiger partial charge in [-0.05, 0) is 44.4 Å². The van der Waals surface area contributed by atoms with Crippen molar-refractivity contribution in [3.63, 3.8) is 0 Å². The van der Waals surface area contributed by atoms with E-state index in [-0.39, 0.29) is 17.7 Å². The van der Waals surface area contributed by atoms with E-state index in [4.69, 9.17) is 0 Å². The Kier molecular flexibility index (Phi) is 7.14. The molecule has 0 heterocycles. The van der Waals surface area contributed by atoms with E-state index < -0.39 is 0 Å². The lowest BCUT2D eigenvalue weighted by atomic mass is 10.0. The van der Waals surface area contributed by atoms with Gasteiger partial charge in [-0.2, -0.15) is 0 Å². The van der Waals surface area contributed by atoms with E-state index in [0.717, 1.165) is 32.1 Å². The summed E-state index contributed by atoms with van der Waals surface area (Å²) >= 11 is 0. The van der Waals surface area contributed by atoms with Crippen molar-refractivity contribution in [2.45, 2.75) is 71.9 Å². The van der Waals surface area contributed by atoms with Crippen LogP contribution in [0.25, 0.3) is 0 Å². The number of hydrogen-bond acceptors (Lipinski definition) is 1. The Morgan fingerprint density at radius 3 is 2.35 bits per heavy atom. The molecule has 1 aromatic carbocycles. The first-order valence-corrected chi connectivity index (χ1v) is 7.71. The first-order valence-electron chi connectivity index (χ1n) is 7.71. The van der Waals surface area contributed by atoms with Gasteiger partial charge >= 0.3 is 0 Å². The molecule has 0 aliphatic heterocycles. The van der Waals surface area contributed by atoms with Crippen LogP contribution in [0.15, 0.2) is 12.1 Å². The summed E-state index contributed by atoms with van der Waals surface area (Å²) in [6.07, 6.45) is 5.57. The molecule has 0 aliphatic carbocycles. The number of halogens is 2. The minimum atomic E-state index is -0.337. The Morgan fingerprint density at radius 1 is 1.05 bits per heavy atom. The number of aryl methyl sites for hydroxylation is 1. The molecule has 0 aromatic heterocycles. The van der Waals surface area contributed by atoms with Gasteiger partial charge in [0.05, 0.1) is 0 Å². The first-order chi connectivity index (χ1) is 9.49. The van der Waals surface area contributed by atoms with Crippen LogP contribution >= 0.6 is 0 Å². The third kappa shape index (κ3) is 4.86. The molecule has 0 aliphatic rings. The Balaban J connectivity index is 2.77. The van der Waals surface area contributed by atoms with Crippen LogP contribution in [0, 0.1) is 18.6 Å². The lowest BCUT2D eigenvalue weighted by Gasteiger charge is -2.24. The molecule has 0 radical (unpaired) electrons. The average molecular weight is 283 g/mol. The molecule has 3 heteroatoms. The fourth-order valence-corrected chi connectivity index (χ4v) is 2.55. The maximum Gasteiger partial charge on any atom is 0.128 e. The van der Waals surface area contributed by atoms with Crippen LogP contribution in [-0.4, -0.2) is 6.04 Å². The van der Waals surface area contributed by atoms with Crippen molar-refractivity contribution in [2.24, 2.45) is 0 Å². The highest BCUT2D eigenvalue weighted by atomic mass is 19.1. The molecule has 114 valence electrons. The predicted octanol–water partition coefficient (Wildman–Crippen LogP) is 5.28. The molecule has 0 amide bonds. The van der Waals surface area contributed by atoms with Crippen molar-refractivity contribution in [1.29, 1.82) is 0 Å². The predicted molar refractivity (Wildman–Crippen MR) is 80.9 cm³/mol. The summed E-state index contributed by atoms with van der Waals surface area (Å²) in [4.78, 5) is 0. The highest BCUT2D eigenvalue weighted by molar-refractivity contribution is 5.27. The third-order valence-corrected chi connectivity index (χ3v) is 3.77. The Hall–Kier alpha value is -0.960. The van der Waals surface area contributed by atoms with Crippen molar-refractivity contribution in [2.75, 3.05) is 0 Å². The van der Waals surface area contributed by atoms with Gasteiger partial charge in [-0.15, -0.1) is 0 Å². The SMILES string of the molecule is CCCCC(CCC)NC(C)c1cc(F)c(C)cc1F. The molecule has 1 nitrogen and oxygen atoms in total. The second-order valence-corrected chi connectivity index (χ2v) is 5.64. The zero-order chi connectivity index (χ0) is 15.1. The Morgan fingerprint density at radius 2 is 1.75 bits per heavy atom. The van der Waals surface area contributed by atoms with E-state index in [0.29, 0.717) is 17.2 Å². The van der Waals surface area contributed by atoms with Crippen molar-refractivity contribution < 1.29 is 8.78 Å². The molecule has 20 heavy (non-hydrogen) atoms. The van der Waals surface area contributed by atoms with E-state index in [1.807, 2.05) is 6.92 Å². The Labute approximate surface area is 121 Å². The van der Waals surface area contributed by atoms with Gasteiger partial charge in [-0.25, -0.2) is 8.78 Å². The van der Waals surface area contributed by atoms with Crippen LogP contribution in [0.2, 0.25) is 0 Å². The van der Waals surface area contributed by atoms with E-state index in [9.17, 15) is 8.78 Å². The van der Waals surface area contributed by atoms with Crippen LogP contribution in [-0.2, 0) is 0 Å². The highest BCUT2D eigenvalue weighted by Crippen LogP contribution is 2.22. The first kappa shape index (κ1) is 17.1. The van der Waals surface area contributed by atoms with Gasteiger partial charge < -0.3 is 5.32 Å². The smallest absolute Gasteiger partial charge is 0.128 e. The molecule has 0 bridgehead atoms. The van der Waals surface area contributed by atoms with E-state index in [2.05, 4.69) is 19.2 Å². The number of nitrogens with one attached hydrogen (secondary N) is 1. The summed E-state index contributed by atoms with van der Waals surface area (Å²) < 4.78 is 27.6. The lowest BCUT2D eigenvalue weighted by molar-refractivity contribution is 0.388. The summed E-state index contributed by atoms with van der Waals surface area (Å²) in [6.45, 7) is 7.81. The van der Waals surface area contributed by atoms with Gasteiger partial charge in [0.15, 0.2) is 0 Å². The Bertz CT molecular complexity index is 418. The third-order valence-electron chi connectivity index (χ3n) is 3.77. The van der Waals surface area contributed by atoms with Crippen LogP contribution in [0.1, 0.15) is 70.0 Å². The average Bonchev–Trinajstić information content (AvgIpc) is 2.40. The topological polar surface area (TPSA) is 12.0 Å². The van der Waals surface area contributed by atoms with Crippen LogP contribution in [0.3, 0.4) is 0 Å². The minimum Gasteiger partial charge on any atom is -0.307 e. The van der Waals surface area contributed by atoms with Crippen molar-refractivity contribution in [3.05, 3.63) is 34.9 Å². The van der Waals surface area contributed by atoms with Gasteiger partial charge in [-0.1, -0.05) is 33.1 Å². The van der Waals surface area contributed by atoms with E-state index in [1.165, 1.54) is 12.1 Å². The zero-order valence-corrected chi connectivity index (χ0v) is 13.1. The van der Waals surface area contributed by atoms with Gasteiger partial charge in [-0.3, -0.25) is 0 Å². The summed E-state index contributed by atoms with van der Waals surface area (Å²) in [6, 6.07) is 2.81. The quantitative estimate of drug-likeness (QED) is 0.684. The minimum absolute atomic E-state index is 0.168. The number of benzene rings is 1. The van der Waals surface area contributed by atoms with E-state index in [1.54, 1.807) is 6.92 Å². The van der Waals surface area contributed by atoms with Crippen molar-refractivity contribution >= 4 is 0 Å².